The Balaban J connectivity index is 0.865. The number of hydrogen-bond acceptors (Lipinski definition) is 13. The van der Waals surface area contributed by atoms with E-state index in [0.717, 1.165) is 98.7 Å². The van der Waals surface area contributed by atoms with Gasteiger partial charge in [0.05, 0.1) is 24.1 Å². The summed E-state index contributed by atoms with van der Waals surface area (Å²) in [7, 11) is 1.57. The minimum atomic E-state index is -0.604. The first-order valence-electron chi connectivity index (χ1n) is 25.5. The number of carbonyl (C=O) groups is 1. The van der Waals surface area contributed by atoms with Gasteiger partial charge in [0.2, 0.25) is 0 Å². The molecule has 4 saturated heterocycles. The number of anilines is 2. The number of piperidine rings is 1. The largest absolute Gasteiger partial charge is 0.468 e. The fraction of sp³-hybridized carbons (Fsp3) is 0.611. The van der Waals surface area contributed by atoms with E-state index in [1.165, 1.54) is 19.3 Å². The zero-order chi connectivity index (χ0) is 48.2. The fourth-order valence-electron chi connectivity index (χ4n) is 11.3. The summed E-state index contributed by atoms with van der Waals surface area (Å²) in [5, 5.41) is 6.73. The molecule has 15 heteroatoms. The van der Waals surface area contributed by atoms with Gasteiger partial charge in [-0.1, -0.05) is 51.1 Å². The maximum Gasteiger partial charge on any atom is 0.410 e. The van der Waals surface area contributed by atoms with Gasteiger partial charge in [-0.25, -0.2) is 9.18 Å². The number of aromatic nitrogens is 4. The van der Waals surface area contributed by atoms with Crippen molar-refractivity contribution in [2.75, 3.05) is 76.1 Å². The number of nitrogens with zero attached hydrogens (tertiary/aromatic N) is 8. The first kappa shape index (κ1) is 47.4. The van der Waals surface area contributed by atoms with Crippen molar-refractivity contribution in [3.05, 3.63) is 59.7 Å². The Labute approximate surface area is 406 Å². The first-order valence-corrected chi connectivity index (χ1v) is 25.5. The van der Waals surface area contributed by atoms with Crippen molar-refractivity contribution in [2.24, 2.45) is 23.2 Å². The van der Waals surface area contributed by atoms with Crippen molar-refractivity contribution < 1.29 is 32.7 Å². The summed E-state index contributed by atoms with van der Waals surface area (Å²) in [4.78, 5) is 37.3. The third-order valence-corrected chi connectivity index (χ3v) is 15.7. The molecule has 5 fully saturated rings. The summed E-state index contributed by atoms with van der Waals surface area (Å²) in [5.74, 6) is 4.86. The predicted molar refractivity (Wildman–Crippen MR) is 266 cm³/mol. The second-order valence-corrected chi connectivity index (χ2v) is 22.2. The molecule has 0 spiro atoms. The number of methoxy groups -OCH3 is 1. The third-order valence-electron chi connectivity index (χ3n) is 15.7. The van der Waals surface area contributed by atoms with Crippen LogP contribution in [0.2, 0.25) is 0 Å². The Bertz CT molecular complexity index is 2640. The van der Waals surface area contributed by atoms with Gasteiger partial charge in [0.25, 0.3) is 0 Å². The molecule has 14 nitrogen and oxygen atoms in total. The van der Waals surface area contributed by atoms with Gasteiger partial charge in [0, 0.05) is 69.0 Å². The van der Waals surface area contributed by atoms with Crippen LogP contribution in [0, 0.1) is 29.0 Å². The number of carbonyl (C=O) groups excluding carboxylic acids is 1. The number of rotatable bonds is 16. The summed E-state index contributed by atoms with van der Waals surface area (Å²) in [6.45, 7) is 21.2. The Hall–Kier alpha value is -5.28. The average molecular weight is 947 g/mol. The van der Waals surface area contributed by atoms with Gasteiger partial charge in [0.1, 0.15) is 34.1 Å². The van der Waals surface area contributed by atoms with Crippen LogP contribution in [0.25, 0.3) is 32.9 Å². The highest BCUT2D eigenvalue weighted by Gasteiger charge is 2.47. The van der Waals surface area contributed by atoms with E-state index in [0.29, 0.717) is 60.0 Å². The second-order valence-electron chi connectivity index (χ2n) is 22.2. The van der Waals surface area contributed by atoms with Crippen LogP contribution in [0.15, 0.2) is 47.1 Å². The van der Waals surface area contributed by atoms with Crippen molar-refractivity contribution in [1.82, 2.24) is 29.9 Å². The Morgan fingerprint density at radius 1 is 0.942 bits per heavy atom. The molecule has 3 unspecified atom stereocenters. The first-order chi connectivity index (χ1) is 33.2. The van der Waals surface area contributed by atoms with E-state index in [-0.39, 0.29) is 47.6 Å². The van der Waals surface area contributed by atoms with Crippen LogP contribution in [0.1, 0.15) is 111 Å². The number of halogens is 1. The van der Waals surface area contributed by atoms with E-state index in [1.807, 2.05) is 49.9 Å². The van der Waals surface area contributed by atoms with Gasteiger partial charge in [-0.3, -0.25) is 9.88 Å². The molecule has 5 aliphatic rings. The molecule has 2 bridgehead atoms. The van der Waals surface area contributed by atoms with Crippen molar-refractivity contribution in [3.63, 3.8) is 0 Å². The molecule has 69 heavy (non-hydrogen) atoms. The number of fused-ring (bicyclic) bond motifs is 4. The maximum absolute atomic E-state index is 17.6. The molecule has 1 saturated carbocycles. The average Bonchev–Trinajstić information content (AvgIpc) is 3.80. The standard InChI is InChI=1S/C54H71FN8O6/c1-9-37-11-10-12-38-22-41(67-32-65-8)23-42(46(37)38)48-47(55)49-43(25-56-48)50(62-28-39-13-14-40(29-62)63(39)52(64)68-53(5,6)7)58-51(57-49)66-31-54(17-18-54)30-60-19-15-35(16-20-60)21-36-26-61(27-36)45-24-44(69-59-45)34(4)33(2)3/h10-12,22-25,33-36,39-40H,9,13-21,26-32H2,1-8H3. The van der Waals surface area contributed by atoms with E-state index < -0.39 is 11.4 Å². The zero-order valence-electron chi connectivity index (χ0n) is 41.9. The van der Waals surface area contributed by atoms with E-state index >= 15 is 4.39 Å². The second kappa shape index (κ2) is 19.1. The van der Waals surface area contributed by atoms with Gasteiger partial charge in [0.15, 0.2) is 18.4 Å². The molecule has 0 radical (unpaired) electrons. The van der Waals surface area contributed by atoms with Crippen LogP contribution >= 0.6 is 0 Å². The molecular formula is C54H71FN8O6. The van der Waals surface area contributed by atoms with Gasteiger partial charge in [-0.2, -0.15) is 9.97 Å². The van der Waals surface area contributed by atoms with E-state index in [2.05, 4.69) is 59.7 Å². The number of benzene rings is 2. The van der Waals surface area contributed by atoms with Crippen LogP contribution < -0.4 is 19.3 Å². The number of likely N-dealkylation sites (tertiary alicyclic amines) is 1. The molecule has 5 aromatic rings. The monoisotopic (exact) mass is 947 g/mol. The lowest BCUT2D eigenvalue weighted by Crippen LogP contribution is -2.57. The van der Waals surface area contributed by atoms with Crippen LogP contribution in [-0.4, -0.2) is 120 Å². The minimum absolute atomic E-state index is 0.00150. The molecular weight excluding hydrogens is 876 g/mol. The molecule has 1 amide bonds. The van der Waals surface area contributed by atoms with Crippen molar-refractivity contribution in [2.45, 2.75) is 123 Å². The van der Waals surface area contributed by atoms with Crippen LogP contribution in [0.5, 0.6) is 11.8 Å². The molecule has 3 atom stereocenters. The van der Waals surface area contributed by atoms with E-state index in [9.17, 15) is 4.79 Å². The van der Waals surface area contributed by atoms with Gasteiger partial charge >= 0.3 is 12.1 Å². The van der Waals surface area contributed by atoms with E-state index in [4.69, 9.17) is 38.4 Å². The number of ether oxygens (including phenoxy) is 4. The third kappa shape index (κ3) is 9.91. The highest BCUT2D eigenvalue weighted by atomic mass is 19.1. The maximum atomic E-state index is 17.6. The minimum Gasteiger partial charge on any atom is -0.468 e. The SMILES string of the molecule is CCc1cccc2cc(OCOC)cc(-c3ncc4c(N5CC6CCC(C5)N6C(=O)OC(C)(C)C)nc(OCC5(CN6CCC(CC7CN(c8cc(C(C)C(C)C)on8)C7)CC6)CC5)nc4c3F)c12. The van der Waals surface area contributed by atoms with Crippen molar-refractivity contribution in [1.29, 1.82) is 0 Å². The quantitative estimate of drug-likeness (QED) is 0.0871. The number of amides is 1. The summed E-state index contributed by atoms with van der Waals surface area (Å²) in [6.07, 6.45) is 9.67. The molecule has 4 aliphatic heterocycles. The van der Waals surface area contributed by atoms with Gasteiger partial charge in [-0.05, 0) is 131 Å². The lowest BCUT2D eigenvalue weighted by molar-refractivity contribution is 0.0122. The highest BCUT2D eigenvalue weighted by Crippen LogP contribution is 2.48. The lowest BCUT2D eigenvalue weighted by atomic mass is 9.83. The number of piperazine rings is 1. The van der Waals surface area contributed by atoms with Crippen molar-refractivity contribution >= 4 is 39.4 Å². The zero-order valence-corrected chi connectivity index (χ0v) is 41.9. The molecule has 1 aliphatic carbocycles. The highest BCUT2D eigenvalue weighted by molar-refractivity contribution is 6.01. The summed E-state index contributed by atoms with van der Waals surface area (Å²) in [6, 6.07) is 12.0. The van der Waals surface area contributed by atoms with Crippen LogP contribution in [0.3, 0.4) is 0 Å². The smallest absolute Gasteiger partial charge is 0.410 e. The van der Waals surface area contributed by atoms with E-state index in [1.54, 1.807) is 13.3 Å². The predicted octanol–water partition coefficient (Wildman–Crippen LogP) is 10.3. The summed E-state index contributed by atoms with van der Waals surface area (Å²) < 4.78 is 47.0. The normalized spacial score (nSPS) is 21.3. The molecule has 7 heterocycles. The Kier molecular flexibility index (Phi) is 13.2. The molecule has 370 valence electrons. The Morgan fingerprint density at radius 3 is 2.38 bits per heavy atom. The number of pyridine rings is 1. The number of aryl methyl sites for hydroxylation is 1. The molecule has 10 rings (SSSR count). The Morgan fingerprint density at radius 2 is 1.70 bits per heavy atom. The van der Waals surface area contributed by atoms with Gasteiger partial charge in [-0.15, -0.1) is 0 Å². The number of hydrogen-bond donors (Lipinski definition) is 0. The molecule has 0 N–H and O–H groups in total. The molecule has 3 aromatic heterocycles. The summed E-state index contributed by atoms with van der Waals surface area (Å²) >= 11 is 0. The molecule has 2 aromatic carbocycles. The van der Waals surface area contributed by atoms with Crippen LogP contribution in [0.4, 0.5) is 20.8 Å². The topological polar surface area (TPSA) is 132 Å². The van der Waals surface area contributed by atoms with Crippen LogP contribution in [-0.2, 0) is 15.9 Å². The van der Waals surface area contributed by atoms with Gasteiger partial charge < -0.3 is 38.2 Å². The summed E-state index contributed by atoms with van der Waals surface area (Å²) in [5.41, 5.74) is 1.42. The fourth-order valence-corrected chi connectivity index (χ4v) is 11.3. The lowest BCUT2D eigenvalue weighted by Gasteiger charge is -2.42. The van der Waals surface area contributed by atoms with Crippen molar-refractivity contribution in [3.8, 4) is 23.0 Å².